The molecule has 6 nitrogen and oxygen atoms in total. The number of para-hydroxylation sites is 1. The Bertz CT molecular complexity index is 697. The Kier molecular flexibility index (Phi) is 5.48. The Morgan fingerprint density at radius 1 is 1.29 bits per heavy atom. The third-order valence-electron chi connectivity index (χ3n) is 4.03. The van der Waals surface area contributed by atoms with Gasteiger partial charge in [-0.05, 0) is 31.9 Å². The van der Waals surface area contributed by atoms with Crippen molar-refractivity contribution in [3.05, 3.63) is 41.9 Å². The lowest BCUT2D eigenvalue weighted by atomic mass is 10.1. The highest BCUT2D eigenvalue weighted by Crippen LogP contribution is 2.22. The van der Waals surface area contributed by atoms with Gasteiger partial charge >= 0.3 is 0 Å². The Labute approximate surface area is 141 Å². The number of hydrogen-bond donors (Lipinski definition) is 1. The number of nitrogens with zero attached hydrogens (tertiary/aromatic N) is 2. The smallest absolute Gasteiger partial charge is 0.260 e. The number of ether oxygens (including phenoxy) is 2. The third-order valence-corrected chi connectivity index (χ3v) is 4.03. The Balaban J connectivity index is 1.70. The summed E-state index contributed by atoms with van der Waals surface area (Å²) >= 11 is 0. The number of aromatic nitrogens is 2. The van der Waals surface area contributed by atoms with E-state index in [9.17, 15) is 4.79 Å². The molecule has 2 aromatic rings. The molecule has 0 atom stereocenters. The number of nitrogens with one attached hydrogen (secondary N) is 1. The van der Waals surface area contributed by atoms with Crippen molar-refractivity contribution in [3.8, 4) is 5.75 Å². The number of hydrogen-bond acceptors (Lipinski definition) is 4. The van der Waals surface area contributed by atoms with Gasteiger partial charge in [0, 0.05) is 19.6 Å². The molecule has 6 heteroatoms. The Morgan fingerprint density at radius 3 is 3.04 bits per heavy atom. The molecule has 1 aromatic heterocycles. The van der Waals surface area contributed by atoms with Gasteiger partial charge in [-0.15, -0.1) is 0 Å². The highest BCUT2D eigenvalue weighted by atomic mass is 16.5. The van der Waals surface area contributed by atoms with E-state index in [0.29, 0.717) is 31.1 Å². The lowest BCUT2D eigenvalue weighted by Gasteiger charge is -2.17. The summed E-state index contributed by atoms with van der Waals surface area (Å²) in [7, 11) is 0. The second-order valence-corrected chi connectivity index (χ2v) is 5.66. The molecule has 0 saturated heterocycles. The zero-order valence-corrected chi connectivity index (χ0v) is 14.0. The summed E-state index contributed by atoms with van der Waals surface area (Å²) in [4.78, 5) is 17.0. The van der Waals surface area contributed by atoms with Gasteiger partial charge in [-0.3, -0.25) is 4.79 Å². The normalized spacial score (nSPS) is 13.4. The van der Waals surface area contributed by atoms with Crippen LogP contribution in [0.4, 0.5) is 5.82 Å². The van der Waals surface area contributed by atoms with Crippen molar-refractivity contribution in [2.24, 2.45) is 0 Å². The van der Waals surface area contributed by atoms with Gasteiger partial charge in [0.05, 0.1) is 18.4 Å². The quantitative estimate of drug-likeness (QED) is 0.793. The van der Waals surface area contributed by atoms with Gasteiger partial charge in [0.2, 0.25) is 0 Å². The Hall–Kier alpha value is -2.34. The van der Waals surface area contributed by atoms with Crippen LogP contribution < -0.4 is 10.1 Å². The van der Waals surface area contributed by atoms with Crippen molar-refractivity contribution >= 4 is 11.7 Å². The van der Waals surface area contributed by atoms with Crippen molar-refractivity contribution in [1.29, 1.82) is 0 Å². The lowest BCUT2D eigenvalue weighted by Crippen LogP contribution is -2.19. The molecule has 0 unspecified atom stereocenters. The minimum atomic E-state index is -0.185. The average Bonchev–Trinajstić information content (AvgIpc) is 3.02. The highest BCUT2D eigenvalue weighted by molar-refractivity contribution is 6.05. The molecule has 1 aliphatic heterocycles. The molecular weight excluding hydrogens is 306 g/mol. The first-order valence-electron chi connectivity index (χ1n) is 8.45. The molecule has 0 bridgehead atoms. The molecular formula is C18H23N3O3. The fraction of sp³-hybridized carbons (Fsp3) is 0.444. The number of rotatable bonds is 7. The number of aryl methyl sites for hydroxylation is 1. The first-order chi connectivity index (χ1) is 11.8. The van der Waals surface area contributed by atoms with Crippen molar-refractivity contribution in [2.45, 2.75) is 32.7 Å². The van der Waals surface area contributed by atoms with Crippen LogP contribution in [-0.4, -0.2) is 35.3 Å². The summed E-state index contributed by atoms with van der Waals surface area (Å²) in [5.74, 6) is 2.17. The monoisotopic (exact) mass is 329 g/mol. The lowest BCUT2D eigenvalue weighted by molar-refractivity contribution is 0.0997. The first-order valence-corrected chi connectivity index (χ1v) is 8.45. The predicted octanol–water partition coefficient (Wildman–Crippen LogP) is 2.89. The summed E-state index contributed by atoms with van der Waals surface area (Å²) in [6, 6.07) is 7.25. The number of carbonyl (C=O) groups excluding carboxylic acids is 1. The SMILES string of the molecule is CCOCCOc1ccccc1C(=O)Nc1cnc2n1CCCC2. The van der Waals surface area contributed by atoms with Crippen molar-refractivity contribution < 1.29 is 14.3 Å². The fourth-order valence-electron chi connectivity index (χ4n) is 2.83. The van der Waals surface area contributed by atoms with Crippen LogP contribution in [0, 0.1) is 0 Å². The van der Waals surface area contributed by atoms with Gasteiger partial charge in [0.1, 0.15) is 24.0 Å². The standard InChI is InChI=1S/C18H23N3O3/c1-2-23-11-12-24-15-8-4-3-7-14(15)18(22)20-17-13-19-16-9-5-6-10-21(16)17/h3-4,7-8,13H,2,5-6,9-12H2,1H3,(H,20,22). The summed E-state index contributed by atoms with van der Waals surface area (Å²) < 4.78 is 13.0. The highest BCUT2D eigenvalue weighted by Gasteiger charge is 2.18. The number of carbonyl (C=O) groups is 1. The second kappa shape index (κ2) is 7.97. The van der Waals surface area contributed by atoms with Crippen LogP contribution in [0.15, 0.2) is 30.5 Å². The van der Waals surface area contributed by atoms with Crippen LogP contribution in [0.5, 0.6) is 5.75 Å². The van der Waals surface area contributed by atoms with Crippen LogP contribution in [0.2, 0.25) is 0 Å². The van der Waals surface area contributed by atoms with Crippen molar-refractivity contribution in [3.63, 3.8) is 0 Å². The van der Waals surface area contributed by atoms with E-state index in [1.165, 1.54) is 0 Å². The summed E-state index contributed by atoms with van der Waals surface area (Å²) in [5, 5.41) is 2.96. The van der Waals surface area contributed by atoms with Crippen LogP contribution in [0.3, 0.4) is 0 Å². The van der Waals surface area contributed by atoms with E-state index in [1.807, 2.05) is 19.1 Å². The van der Waals surface area contributed by atoms with Crippen LogP contribution in [0.1, 0.15) is 35.9 Å². The first kappa shape index (κ1) is 16.5. The Morgan fingerprint density at radius 2 is 2.17 bits per heavy atom. The van der Waals surface area contributed by atoms with E-state index in [4.69, 9.17) is 9.47 Å². The van der Waals surface area contributed by atoms with Gasteiger partial charge < -0.3 is 19.4 Å². The van der Waals surface area contributed by atoms with Gasteiger partial charge in [-0.1, -0.05) is 12.1 Å². The number of anilines is 1. The zero-order chi connectivity index (χ0) is 16.8. The molecule has 0 aliphatic carbocycles. The van der Waals surface area contributed by atoms with E-state index < -0.39 is 0 Å². The van der Waals surface area contributed by atoms with E-state index in [2.05, 4.69) is 14.9 Å². The van der Waals surface area contributed by atoms with E-state index in [0.717, 1.165) is 37.4 Å². The largest absolute Gasteiger partial charge is 0.490 e. The molecule has 2 heterocycles. The van der Waals surface area contributed by atoms with Gasteiger partial charge in [0.15, 0.2) is 0 Å². The number of fused-ring (bicyclic) bond motifs is 1. The molecule has 0 spiro atoms. The van der Waals surface area contributed by atoms with Crippen molar-refractivity contribution in [1.82, 2.24) is 9.55 Å². The summed E-state index contributed by atoms with van der Waals surface area (Å²) in [6.07, 6.45) is 4.97. The maximum Gasteiger partial charge on any atom is 0.260 e. The van der Waals surface area contributed by atoms with Gasteiger partial charge in [-0.25, -0.2) is 4.98 Å². The minimum Gasteiger partial charge on any atom is -0.490 e. The van der Waals surface area contributed by atoms with E-state index in [-0.39, 0.29) is 5.91 Å². The number of benzene rings is 1. The van der Waals surface area contributed by atoms with E-state index >= 15 is 0 Å². The van der Waals surface area contributed by atoms with Crippen LogP contribution in [0.25, 0.3) is 0 Å². The molecule has 3 rings (SSSR count). The third kappa shape index (κ3) is 3.76. The molecule has 128 valence electrons. The second-order valence-electron chi connectivity index (χ2n) is 5.66. The van der Waals surface area contributed by atoms with Crippen LogP contribution in [-0.2, 0) is 17.7 Å². The van der Waals surface area contributed by atoms with Gasteiger partial charge in [0.25, 0.3) is 5.91 Å². The zero-order valence-electron chi connectivity index (χ0n) is 14.0. The molecule has 0 saturated carbocycles. The number of amides is 1. The van der Waals surface area contributed by atoms with Gasteiger partial charge in [-0.2, -0.15) is 0 Å². The summed E-state index contributed by atoms with van der Waals surface area (Å²) in [5.41, 5.74) is 0.514. The van der Waals surface area contributed by atoms with Crippen LogP contribution >= 0.6 is 0 Å². The maximum absolute atomic E-state index is 12.6. The maximum atomic E-state index is 12.6. The fourth-order valence-corrected chi connectivity index (χ4v) is 2.83. The van der Waals surface area contributed by atoms with E-state index in [1.54, 1.807) is 18.3 Å². The predicted molar refractivity (Wildman–Crippen MR) is 91.5 cm³/mol. The minimum absolute atomic E-state index is 0.185. The molecule has 1 amide bonds. The molecule has 1 aliphatic rings. The molecule has 1 N–H and O–H groups in total. The molecule has 0 radical (unpaired) electrons. The van der Waals surface area contributed by atoms with Crippen molar-refractivity contribution in [2.75, 3.05) is 25.1 Å². The molecule has 0 fully saturated rings. The molecule has 24 heavy (non-hydrogen) atoms. The summed E-state index contributed by atoms with van der Waals surface area (Å²) in [6.45, 7) is 4.41. The number of imidazole rings is 1. The average molecular weight is 329 g/mol. The topological polar surface area (TPSA) is 65.4 Å². The molecule has 1 aromatic carbocycles.